The number of ether oxygens (including phenoxy) is 3. The monoisotopic (exact) mass is 630 g/mol. The number of benzene rings is 2. The normalized spacial score (nSPS) is 14.4. The first-order chi connectivity index (χ1) is 21.8. The average Bonchev–Trinajstić information content (AvgIpc) is 3.41. The van der Waals surface area contributed by atoms with Crippen molar-refractivity contribution in [1.82, 2.24) is 10.3 Å². The molecule has 236 valence electrons. The summed E-state index contributed by atoms with van der Waals surface area (Å²) in [6.07, 6.45) is 5.45. The summed E-state index contributed by atoms with van der Waals surface area (Å²) in [5, 5.41) is 10.2. The van der Waals surface area contributed by atoms with Crippen molar-refractivity contribution in [2.45, 2.75) is 38.3 Å². The molecule has 5 rings (SSSR count). The molecule has 1 aliphatic rings. The van der Waals surface area contributed by atoms with E-state index in [0.29, 0.717) is 59.1 Å². The van der Waals surface area contributed by atoms with Gasteiger partial charge in [-0.25, -0.2) is 0 Å². The van der Waals surface area contributed by atoms with Crippen molar-refractivity contribution in [2.75, 3.05) is 44.0 Å². The molecule has 4 N–H and O–H groups in total. The summed E-state index contributed by atoms with van der Waals surface area (Å²) >= 11 is 1.62. The maximum absolute atomic E-state index is 13.9. The summed E-state index contributed by atoms with van der Waals surface area (Å²) in [5.74, 6) is 1.69. The van der Waals surface area contributed by atoms with Gasteiger partial charge in [0.1, 0.15) is 6.04 Å². The van der Waals surface area contributed by atoms with Crippen LogP contribution in [0.25, 0.3) is 22.0 Å². The van der Waals surface area contributed by atoms with Gasteiger partial charge in [-0.2, -0.15) is 11.8 Å². The largest absolute Gasteiger partial charge is 0.493 e. The molecule has 4 aromatic rings. The van der Waals surface area contributed by atoms with E-state index >= 15 is 0 Å². The number of H-pyrrole nitrogens is 1. The molecule has 0 saturated heterocycles. The Hall–Kier alpha value is -4.64. The number of anilines is 2. The second kappa shape index (κ2) is 14.0. The van der Waals surface area contributed by atoms with E-state index in [4.69, 9.17) is 14.2 Å². The van der Waals surface area contributed by atoms with Crippen LogP contribution in [0.1, 0.15) is 36.9 Å². The number of methoxy groups -OCH3 is 3. The molecule has 0 spiro atoms. The lowest BCUT2D eigenvalue weighted by Crippen LogP contribution is -2.36. The first-order valence-corrected chi connectivity index (χ1v) is 16.1. The number of fused-ring (bicyclic) bond motifs is 4. The van der Waals surface area contributed by atoms with Gasteiger partial charge in [0.15, 0.2) is 11.5 Å². The number of nitrogens with one attached hydrogen (secondary N) is 4. The molecular weight excluding hydrogens is 592 g/mol. The number of hydrogen-bond donors (Lipinski definition) is 4. The van der Waals surface area contributed by atoms with Gasteiger partial charge in [0.05, 0.1) is 38.7 Å². The Balaban J connectivity index is 1.60. The van der Waals surface area contributed by atoms with Crippen LogP contribution in [0.15, 0.2) is 59.5 Å². The molecule has 0 fully saturated rings. The van der Waals surface area contributed by atoms with E-state index in [1.54, 1.807) is 45.2 Å². The minimum Gasteiger partial charge on any atom is -0.493 e. The van der Waals surface area contributed by atoms with Gasteiger partial charge in [-0.05, 0) is 84.4 Å². The highest BCUT2D eigenvalue weighted by Gasteiger charge is 2.30. The van der Waals surface area contributed by atoms with Crippen LogP contribution in [-0.4, -0.2) is 56.2 Å². The molecule has 0 saturated carbocycles. The molecule has 0 bridgehead atoms. The van der Waals surface area contributed by atoms with Crippen LogP contribution >= 0.6 is 11.8 Å². The number of aryl methyl sites for hydroxylation is 1. The van der Waals surface area contributed by atoms with Crippen molar-refractivity contribution < 1.29 is 23.8 Å². The maximum Gasteiger partial charge on any atom is 0.246 e. The Bertz CT molecular complexity index is 1790. The quantitative estimate of drug-likeness (QED) is 0.171. The van der Waals surface area contributed by atoms with Gasteiger partial charge in [0.2, 0.25) is 23.0 Å². The standard InChI is InChI=1S/C34H38N4O6S/c1-19(39)36-26-11-9-20-17-30(42-2)32(43-3)33(44-4)31(20)21-10-12-27(29(40)18-23(21)26)37-28(14-16-45-5)34(41)38-25-8-6-7-24-22(25)13-15-35-24/h6-8,10,12-13,15,17-18,26,28,35H,9,11,14,16H2,1-5H3,(H,36,39)(H,37,40)(H,38,41). The van der Waals surface area contributed by atoms with Crippen molar-refractivity contribution >= 4 is 45.9 Å². The lowest BCUT2D eigenvalue weighted by atomic mass is 9.95. The van der Waals surface area contributed by atoms with E-state index in [2.05, 4.69) is 20.9 Å². The Morgan fingerprint density at radius 3 is 2.53 bits per heavy atom. The van der Waals surface area contributed by atoms with Crippen molar-refractivity contribution in [2.24, 2.45) is 0 Å². The third-order valence-corrected chi connectivity index (χ3v) is 8.67. The summed E-state index contributed by atoms with van der Waals surface area (Å²) in [7, 11) is 4.67. The van der Waals surface area contributed by atoms with E-state index in [-0.39, 0.29) is 22.9 Å². The number of rotatable bonds is 11. The topological polar surface area (TPSA) is 131 Å². The Labute approximate surface area is 266 Å². The summed E-state index contributed by atoms with van der Waals surface area (Å²) in [6.45, 7) is 1.46. The number of carbonyl (C=O) groups excluding carboxylic acids is 2. The Kier molecular flexibility index (Phi) is 9.87. The third-order valence-electron chi connectivity index (χ3n) is 8.03. The second-order valence-electron chi connectivity index (χ2n) is 10.8. The van der Waals surface area contributed by atoms with Crippen LogP contribution in [-0.2, 0) is 16.0 Å². The molecule has 11 heteroatoms. The number of hydrogen-bond acceptors (Lipinski definition) is 8. The van der Waals surface area contributed by atoms with Gasteiger partial charge in [-0.1, -0.05) is 12.1 Å². The number of amides is 2. The summed E-state index contributed by atoms with van der Waals surface area (Å²) in [4.78, 5) is 43.0. The molecule has 0 radical (unpaired) electrons. The van der Waals surface area contributed by atoms with Gasteiger partial charge < -0.3 is 35.1 Å². The highest BCUT2D eigenvalue weighted by atomic mass is 32.2. The third kappa shape index (κ3) is 6.58. The summed E-state index contributed by atoms with van der Waals surface area (Å²) in [5.41, 5.74) is 4.63. The van der Waals surface area contributed by atoms with E-state index < -0.39 is 12.1 Å². The average molecular weight is 631 g/mol. The van der Waals surface area contributed by atoms with Gasteiger partial charge in [0, 0.05) is 29.6 Å². The lowest BCUT2D eigenvalue weighted by molar-refractivity contribution is -0.120. The molecule has 2 unspecified atom stereocenters. The molecule has 0 aliphatic heterocycles. The summed E-state index contributed by atoms with van der Waals surface area (Å²) < 4.78 is 17.2. The number of aromatic amines is 1. The Morgan fingerprint density at radius 1 is 1.02 bits per heavy atom. The molecule has 2 atom stereocenters. The molecular formula is C34H38N4O6S. The van der Waals surface area contributed by atoms with Crippen molar-refractivity contribution in [3.05, 3.63) is 76.1 Å². The molecule has 1 heterocycles. The maximum atomic E-state index is 13.9. The zero-order valence-corrected chi connectivity index (χ0v) is 26.9. The van der Waals surface area contributed by atoms with Crippen molar-refractivity contribution in [1.29, 1.82) is 0 Å². The van der Waals surface area contributed by atoms with Gasteiger partial charge in [-0.3, -0.25) is 14.4 Å². The van der Waals surface area contributed by atoms with Crippen LogP contribution in [0.2, 0.25) is 0 Å². The van der Waals surface area contributed by atoms with Gasteiger partial charge in [-0.15, -0.1) is 0 Å². The van der Waals surface area contributed by atoms with E-state index in [1.807, 2.05) is 48.9 Å². The predicted molar refractivity (Wildman–Crippen MR) is 180 cm³/mol. The first-order valence-electron chi connectivity index (χ1n) is 14.7. The first kappa shape index (κ1) is 31.8. The van der Waals surface area contributed by atoms with Crippen LogP contribution in [0.5, 0.6) is 17.2 Å². The number of carbonyl (C=O) groups is 2. The molecule has 1 aromatic heterocycles. The molecule has 45 heavy (non-hydrogen) atoms. The fourth-order valence-corrected chi connectivity index (χ4v) is 6.40. The van der Waals surface area contributed by atoms with E-state index in [0.717, 1.165) is 22.0 Å². The fourth-order valence-electron chi connectivity index (χ4n) is 5.93. The minimum absolute atomic E-state index is 0.206. The SMILES string of the molecule is COc1cc2c(c(OC)c1OC)-c1ccc(NC(CCSC)C(=O)Nc3cccc4[nH]ccc34)c(=O)cc1C(NC(C)=O)CC2. The number of aromatic nitrogens is 1. The number of thioether (sulfide) groups is 1. The summed E-state index contributed by atoms with van der Waals surface area (Å²) in [6, 6.07) is 13.5. The van der Waals surface area contributed by atoms with Crippen LogP contribution in [0.4, 0.5) is 11.4 Å². The zero-order chi connectivity index (χ0) is 32.1. The van der Waals surface area contributed by atoms with E-state index in [1.165, 1.54) is 6.92 Å². The van der Waals surface area contributed by atoms with Crippen LogP contribution in [0, 0.1) is 0 Å². The van der Waals surface area contributed by atoms with E-state index in [9.17, 15) is 14.4 Å². The smallest absolute Gasteiger partial charge is 0.246 e. The highest BCUT2D eigenvalue weighted by Crippen LogP contribution is 2.50. The van der Waals surface area contributed by atoms with Crippen LogP contribution in [0.3, 0.4) is 0 Å². The van der Waals surface area contributed by atoms with Crippen LogP contribution < -0.4 is 35.6 Å². The highest BCUT2D eigenvalue weighted by molar-refractivity contribution is 7.98. The minimum atomic E-state index is -0.682. The zero-order valence-electron chi connectivity index (χ0n) is 26.0. The Morgan fingerprint density at radius 2 is 1.82 bits per heavy atom. The van der Waals surface area contributed by atoms with Crippen molar-refractivity contribution in [3.63, 3.8) is 0 Å². The predicted octanol–water partition coefficient (Wildman–Crippen LogP) is 5.52. The molecule has 10 nitrogen and oxygen atoms in total. The second-order valence-corrected chi connectivity index (χ2v) is 11.8. The molecule has 3 aromatic carbocycles. The lowest BCUT2D eigenvalue weighted by Gasteiger charge is -2.19. The molecule has 1 aliphatic carbocycles. The fraction of sp³-hybridized carbons (Fsp3) is 0.324. The molecule has 2 amide bonds. The van der Waals surface area contributed by atoms with Gasteiger partial charge in [0.25, 0.3) is 0 Å². The van der Waals surface area contributed by atoms with Crippen molar-refractivity contribution in [3.8, 4) is 28.4 Å². The van der Waals surface area contributed by atoms with Gasteiger partial charge >= 0.3 is 0 Å².